The number of hydrogen-bond donors (Lipinski definition) is 2. The highest BCUT2D eigenvalue weighted by Gasteiger charge is 2.24. The van der Waals surface area contributed by atoms with Gasteiger partial charge in [-0.25, -0.2) is 22.0 Å². The van der Waals surface area contributed by atoms with Crippen molar-refractivity contribution < 1.29 is 22.0 Å². The predicted molar refractivity (Wildman–Crippen MR) is 80.2 cm³/mol. The second-order valence-corrected chi connectivity index (χ2v) is 5.24. The molecule has 0 aliphatic heterocycles. The molecule has 2 aromatic rings. The van der Waals surface area contributed by atoms with Crippen molar-refractivity contribution in [3.8, 4) is 0 Å². The summed E-state index contributed by atoms with van der Waals surface area (Å²) in [5.74, 6) is -7.06. The van der Waals surface area contributed by atoms with E-state index in [4.69, 9.17) is 12.2 Å². The Labute approximate surface area is 135 Å². The van der Waals surface area contributed by atoms with Crippen molar-refractivity contribution in [2.75, 3.05) is 10.6 Å². The monoisotopic (exact) mass is 396 g/mol. The molecule has 0 heterocycles. The standard InChI is InChI=1S/C13H6BrF5N2S/c14-7-8(16)10(18)12(11(19)9(7)17)21-13(22)20-6-3-1-2-5(15)4-6/h1-4H,(H2,20,21,22). The maximum absolute atomic E-state index is 13.6. The van der Waals surface area contributed by atoms with Gasteiger partial charge in [0.15, 0.2) is 28.4 Å². The lowest BCUT2D eigenvalue weighted by molar-refractivity contribution is 0.452. The number of rotatable bonds is 2. The Morgan fingerprint density at radius 1 is 0.909 bits per heavy atom. The Bertz CT molecular complexity index is 724. The molecule has 0 unspecified atom stereocenters. The van der Waals surface area contributed by atoms with Crippen LogP contribution in [0.2, 0.25) is 0 Å². The summed E-state index contributed by atoms with van der Waals surface area (Å²) in [6, 6.07) is 5.07. The molecule has 22 heavy (non-hydrogen) atoms. The molecule has 9 heteroatoms. The lowest BCUT2D eigenvalue weighted by Gasteiger charge is -2.13. The lowest BCUT2D eigenvalue weighted by atomic mass is 10.2. The zero-order chi connectivity index (χ0) is 16.4. The van der Waals surface area contributed by atoms with E-state index in [1.807, 2.05) is 5.32 Å². The molecule has 2 N–H and O–H groups in total. The third-order valence-electron chi connectivity index (χ3n) is 2.53. The van der Waals surface area contributed by atoms with Gasteiger partial charge in [-0.15, -0.1) is 0 Å². The van der Waals surface area contributed by atoms with Gasteiger partial charge in [-0.2, -0.15) is 0 Å². The number of benzene rings is 2. The normalized spacial score (nSPS) is 10.5. The second kappa shape index (κ2) is 6.57. The molecule has 0 radical (unpaired) electrons. The second-order valence-electron chi connectivity index (χ2n) is 4.03. The molecule has 2 nitrogen and oxygen atoms in total. The van der Waals surface area contributed by atoms with Gasteiger partial charge in [0.1, 0.15) is 11.5 Å². The largest absolute Gasteiger partial charge is 0.332 e. The van der Waals surface area contributed by atoms with E-state index in [0.29, 0.717) is 0 Å². The molecule has 0 saturated heterocycles. The minimum Gasteiger partial charge on any atom is -0.332 e. The maximum atomic E-state index is 13.6. The highest BCUT2D eigenvalue weighted by molar-refractivity contribution is 9.10. The summed E-state index contributed by atoms with van der Waals surface area (Å²) in [6.07, 6.45) is 0. The fourth-order valence-corrected chi connectivity index (χ4v) is 2.12. The molecule has 116 valence electrons. The average Bonchev–Trinajstić information content (AvgIpc) is 2.47. The van der Waals surface area contributed by atoms with Crippen molar-refractivity contribution in [2.24, 2.45) is 0 Å². The average molecular weight is 397 g/mol. The Morgan fingerprint density at radius 3 is 2.05 bits per heavy atom. The quantitative estimate of drug-likeness (QED) is 0.325. The Kier molecular flexibility index (Phi) is 4.97. The molecule has 0 fully saturated rings. The molecular weight excluding hydrogens is 391 g/mol. The number of halogens is 6. The van der Waals surface area contributed by atoms with E-state index in [-0.39, 0.29) is 10.8 Å². The molecule has 0 saturated carbocycles. The summed E-state index contributed by atoms with van der Waals surface area (Å²) in [5, 5.41) is 4.06. The molecule has 2 aromatic carbocycles. The van der Waals surface area contributed by atoms with Crippen LogP contribution in [0.25, 0.3) is 0 Å². The predicted octanol–water partition coefficient (Wildman–Crippen LogP) is 4.95. The summed E-state index contributed by atoms with van der Waals surface area (Å²) >= 11 is 7.16. The van der Waals surface area contributed by atoms with Crippen molar-refractivity contribution in [3.05, 3.63) is 57.8 Å². The van der Waals surface area contributed by atoms with E-state index in [9.17, 15) is 22.0 Å². The van der Waals surface area contributed by atoms with Gasteiger partial charge in [-0.1, -0.05) is 6.07 Å². The molecule has 2 rings (SSSR count). The van der Waals surface area contributed by atoms with Crippen molar-refractivity contribution >= 4 is 44.6 Å². The van der Waals surface area contributed by atoms with Crippen LogP contribution >= 0.6 is 28.1 Å². The summed E-state index contributed by atoms with van der Waals surface area (Å²) in [6.45, 7) is 0. The van der Waals surface area contributed by atoms with Gasteiger partial charge >= 0.3 is 0 Å². The van der Waals surface area contributed by atoms with E-state index in [2.05, 4.69) is 21.2 Å². The molecule has 0 aliphatic rings. The third-order valence-corrected chi connectivity index (χ3v) is 3.43. The first-order valence-electron chi connectivity index (χ1n) is 5.66. The SMILES string of the molecule is Fc1cccc(NC(=S)Nc2c(F)c(F)c(Br)c(F)c2F)c1. The van der Waals surface area contributed by atoms with E-state index >= 15 is 0 Å². The van der Waals surface area contributed by atoms with Crippen molar-refractivity contribution in [2.45, 2.75) is 0 Å². The van der Waals surface area contributed by atoms with E-state index in [1.165, 1.54) is 18.2 Å². The van der Waals surface area contributed by atoms with E-state index in [0.717, 1.165) is 6.07 Å². The highest BCUT2D eigenvalue weighted by Crippen LogP contribution is 2.31. The maximum Gasteiger partial charge on any atom is 0.186 e. The van der Waals surface area contributed by atoms with Gasteiger partial charge in [0.2, 0.25) is 0 Å². The van der Waals surface area contributed by atoms with Crippen LogP contribution in [0.5, 0.6) is 0 Å². The Balaban J connectivity index is 2.26. The topological polar surface area (TPSA) is 24.1 Å². The van der Waals surface area contributed by atoms with E-state index < -0.39 is 39.2 Å². The molecule has 0 spiro atoms. The number of thiocarbonyl (C=S) groups is 1. The van der Waals surface area contributed by atoms with Gasteiger partial charge in [0.05, 0.1) is 4.47 Å². The number of hydrogen-bond acceptors (Lipinski definition) is 1. The van der Waals surface area contributed by atoms with Crippen molar-refractivity contribution in [1.29, 1.82) is 0 Å². The van der Waals surface area contributed by atoms with Crippen LogP contribution in [0.3, 0.4) is 0 Å². The first kappa shape index (κ1) is 16.6. The minimum atomic E-state index is -1.64. The number of nitrogens with one attached hydrogen (secondary N) is 2. The van der Waals surface area contributed by atoms with E-state index in [1.54, 1.807) is 0 Å². The summed E-state index contributed by atoms with van der Waals surface area (Å²) in [5.41, 5.74) is -0.900. The van der Waals surface area contributed by atoms with Crippen molar-refractivity contribution in [3.63, 3.8) is 0 Å². The van der Waals surface area contributed by atoms with Crippen LogP contribution in [0, 0.1) is 29.1 Å². The summed E-state index contributed by atoms with van der Waals surface area (Å²) < 4.78 is 66.1. The zero-order valence-corrected chi connectivity index (χ0v) is 12.9. The van der Waals surface area contributed by atoms with Crippen LogP contribution in [0.15, 0.2) is 28.7 Å². The third kappa shape index (κ3) is 3.36. The summed E-state index contributed by atoms with van der Waals surface area (Å²) in [7, 11) is 0. The molecule has 0 aromatic heterocycles. The lowest BCUT2D eigenvalue weighted by Crippen LogP contribution is -2.21. The van der Waals surface area contributed by atoms with Crippen LogP contribution < -0.4 is 10.6 Å². The molecule has 0 aliphatic carbocycles. The first-order chi connectivity index (χ1) is 10.3. The van der Waals surface area contributed by atoms with Crippen LogP contribution in [-0.4, -0.2) is 5.11 Å². The number of anilines is 2. The fraction of sp³-hybridized carbons (Fsp3) is 0. The zero-order valence-electron chi connectivity index (χ0n) is 10.5. The molecule has 0 amide bonds. The molecular formula is C13H6BrF5N2S. The summed E-state index contributed by atoms with van der Waals surface area (Å²) in [4.78, 5) is 0. The van der Waals surface area contributed by atoms with Gasteiger partial charge in [0, 0.05) is 5.69 Å². The van der Waals surface area contributed by atoms with Crippen LogP contribution in [0.1, 0.15) is 0 Å². The Morgan fingerprint density at radius 2 is 1.50 bits per heavy atom. The smallest absolute Gasteiger partial charge is 0.186 e. The fourth-order valence-electron chi connectivity index (χ4n) is 1.56. The minimum absolute atomic E-state index is 0.191. The highest BCUT2D eigenvalue weighted by atomic mass is 79.9. The first-order valence-corrected chi connectivity index (χ1v) is 6.86. The van der Waals surface area contributed by atoms with Gasteiger partial charge in [0.25, 0.3) is 0 Å². The van der Waals surface area contributed by atoms with Crippen LogP contribution in [-0.2, 0) is 0 Å². The van der Waals surface area contributed by atoms with Gasteiger partial charge in [-0.3, -0.25) is 0 Å². The van der Waals surface area contributed by atoms with Gasteiger partial charge in [-0.05, 0) is 46.3 Å². The Hall–Kier alpha value is -1.74. The molecule has 0 atom stereocenters. The van der Waals surface area contributed by atoms with Crippen LogP contribution in [0.4, 0.5) is 33.3 Å². The molecule has 0 bridgehead atoms. The van der Waals surface area contributed by atoms with Gasteiger partial charge < -0.3 is 10.6 Å². The van der Waals surface area contributed by atoms with Crippen molar-refractivity contribution in [1.82, 2.24) is 0 Å².